The molecule has 0 radical (unpaired) electrons. The average molecular weight is 341 g/mol. The molecule has 130 valence electrons. The maximum atomic E-state index is 13.5. The van der Waals surface area contributed by atoms with Crippen molar-refractivity contribution in [2.75, 3.05) is 19.8 Å². The van der Waals surface area contributed by atoms with Gasteiger partial charge in [-0.2, -0.15) is 0 Å². The summed E-state index contributed by atoms with van der Waals surface area (Å²) in [6, 6.07) is 13.2. The Hall–Kier alpha value is -2.68. The predicted molar refractivity (Wildman–Crippen MR) is 93.2 cm³/mol. The van der Waals surface area contributed by atoms with Crippen molar-refractivity contribution >= 4 is 5.91 Å². The van der Waals surface area contributed by atoms with Crippen molar-refractivity contribution in [3.8, 4) is 11.8 Å². The summed E-state index contributed by atoms with van der Waals surface area (Å²) in [4.78, 5) is 14.4. The Balaban J connectivity index is 2.31. The van der Waals surface area contributed by atoms with Crippen LogP contribution in [0.3, 0.4) is 0 Å². The zero-order valence-electron chi connectivity index (χ0n) is 13.8. The summed E-state index contributed by atoms with van der Waals surface area (Å²) in [5.74, 6) is 4.63. The van der Waals surface area contributed by atoms with Gasteiger partial charge in [-0.15, -0.1) is 0 Å². The highest BCUT2D eigenvalue weighted by Crippen LogP contribution is 2.15. The van der Waals surface area contributed by atoms with Crippen LogP contribution >= 0.6 is 0 Å². The molecule has 0 bridgehead atoms. The smallest absolute Gasteiger partial charge is 0.255 e. The van der Waals surface area contributed by atoms with Crippen LogP contribution in [0.1, 0.15) is 27.9 Å². The van der Waals surface area contributed by atoms with Gasteiger partial charge in [0.2, 0.25) is 0 Å². The van der Waals surface area contributed by atoms with E-state index < -0.39 is 5.82 Å². The van der Waals surface area contributed by atoms with Crippen molar-refractivity contribution < 1.29 is 19.4 Å². The summed E-state index contributed by atoms with van der Waals surface area (Å²) in [5, 5.41) is 18.1. The standard InChI is InChI=1S/C20H20FNO3/c21-18-9-10-19(17(14-18)8-4-5-12-23)20(25)22(11-13-24)15-16-6-2-1-3-7-16/h1-3,6-7,9-10,14,23-24H,5,11-13,15H2. The third kappa shape index (κ3) is 5.42. The Morgan fingerprint density at radius 3 is 2.52 bits per heavy atom. The van der Waals surface area contributed by atoms with Gasteiger partial charge in [-0.3, -0.25) is 4.79 Å². The molecule has 0 saturated heterocycles. The molecule has 0 spiro atoms. The van der Waals surface area contributed by atoms with Gasteiger partial charge in [-0.1, -0.05) is 42.2 Å². The molecule has 0 aliphatic heterocycles. The molecular formula is C20H20FNO3. The predicted octanol–water partition coefficient (Wildman–Crippen LogP) is 2.19. The molecule has 1 amide bonds. The Labute approximate surface area is 146 Å². The Morgan fingerprint density at radius 2 is 1.84 bits per heavy atom. The van der Waals surface area contributed by atoms with Crippen LogP contribution in [0.15, 0.2) is 48.5 Å². The van der Waals surface area contributed by atoms with Crippen molar-refractivity contribution in [3.05, 3.63) is 71.0 Å². The monoisotopic (exact) mass is 341 g/mol. The minimum Gasteiger partial charge on any atom is -0.395 e. The Bertz CT molecular complexity index is 766. The van der Waals surface area contributed by atoms with Crippen LogP contribution in [-0.4, -0.2) is 40.8 Å². The summed E-state index contributed by atoms with van der Waals surface area (Å²) in [7, 11) is 0. The van der Waals surface area contributed by atoms with Gasteiger partial charge in [0.15, 0.2) is 0 Å². The van der Waals surface area contributed by atoms with E-state index in [2.05, 4.69) is 11.8 Å². The van der Waals surface area contributed by atoms with Gasteiger partial charge in [-0.05, 0) is 23.8 Å². The highest BCUT2D eigenvalue weighted by Gasteiger charge is 2.19. The number of amides is 1. The molecule has 0 atom stereocenters. The van der Waals surface area contributed by atoms with E-state index in [1.807, 2.05) is 30.3 Å². The molecule has 4 nitrogen and oxygen atoms in total. The number of hydrogen-bond donors (Lipinski definition) is 2. The number of carbonyl (C=O) groups is 1. The molecule has 0 fully saturated rings. The van der Waals surface area contributed by atoms with Crippen molar-refractivity contribution in [1.82, 2.24) is 4.90 Å². The van der Waals surface area contributed by atoms with Gasteiger partial charge in [0, 0.05) is 25.1 Å². The number of hydrogen-bond acceptors (Lipinski definition) is 3. The first kappa shape index (κ1) is 18.7. The second-order valence-corrected chi connectivity index (χ2v) is 5.40. The van der Waals surface area contributed by atoms with Crippen LogP contribution in [0.5, 0.6) is 0 Å². The molecule has 2 rings (SSSR count). The van der Waals surface area contributed by atoms with E-state index in [1.54, 1.807) is 0 Å². The highest BCUT2D eigenvalue weighted by molar-refractivity contribution is 5.96. The van der Waals surface area contributed by atoms with Crippen LogP contribution in [0, 0.1) is 17.7 Å². The first-order valence-electron chi connectivity index (χ1n) is 7.99. The van der Waals surface area contributed by atoms with E-state index in [-0.39, 0.29) is 43.2 Å². The van der Waals surface area contributed by atoms with Gasteiger partial charge >= 0.3 is 0 Å². The van der Waals surface area contributed by atoms with Crippen LogP contribution < -0.4 is 0 Å². The van der Waals surface area contributed by atoms with E-state index in [1.165, 1.54) is 23.1 Å². The summed E-state index contributed by atoms with van der Waals surface area (Å²) < 4.78 is 13.5. The van der Waals surface area contributed by atoms with E-state index >= 15 is 0 Å². The van der Waals surface area contributed by atoms with E-state index in [0.29, 0.717) is 6.54 Å². The molecule has 0 heterocycles. The van der Waals surface area contributed by atoms with Gasteiger partial charge in [-0.25, -0.2) is 4.39 Å². The second kappa shape index (κ2) is 9.58. The minimum absolute atomic E-state index is 0.101. The normalized spacial score (nSPS) is 10.0. The van der Waals surface area contributed by atoms with Gasteiger partial charge in [0.1, 0.15) is 5.82 Å². The summed E-state index contributed by atoms with van der Waals surface area (Å²) in [5.41, 5.74) is 1.48. The Morgan fingerprint density at radius 1 is 1.08 bits per heavy atom. The first-order chi connectivity index (χ1) is 12.2. The van der Waals surface area contributed by atoms with Crippen LogP contribution in [0.25, 0.3) is 0 Å². The SMILES string of the molecule is O=C(c1ccc(F)cc1C#CCCO)N(CCO)Cc1ccccc1. The molecule has 0 saturated carbocycles. The fraction of sp³-hybridized carbons (Fsp3) is 0.250. The number of aliphatic hydroxyl groups is 2. The van der Waals surface area contributed by atoms with Crippen molar-refractivity contribution in [2.24, 2.45) is 0 Å². The molecule has 0 aliphatic rings. The number of benzene rings is 2. The minimum atomic E-state index is -0.485. The topological polar surface area (TPSA) is 60.8 Å². The number of nitrogens with zero attached hydrogens (tertiary/aromatic N) is 1. The molecule has 2 aromatic carbocycles. The van der Waals surface area contributed by atoms with Gasteiger partial charge in [0.05, 0.1) is 18.8 Å². The number of carbonyl (C=O) groups excluding carboxylic acids is 1. The zero-order valence-corrected chi connectivity index (χ0v) is 13.8. The third-order valence-electron chi connectivity index (χ3n) is 3.55. The third-order valence-corrected chi connectivity index (χ3v) is 3.55. The molecule has 0 aromatic heterocycles. The fourth-order valence-electron chi connectivity index (χ4n) is 2.37. The average Bonchev–Trinajstić information content (AvgIpc) is 2.62. The lowest BCUT2D eigenvalue weighted by molar-refractivity contribution is 0.0707. The quantitative estimate of drug-likeness (QED) is 0.792. The van der Waals surface area contributed by atoms with Crippen molar-refractivity contribution in [3.63, 3.8) is 0 Å². The molecule has 25 heavy (non-hydrogen) atoms. The van der Waals surface area contributed by atoms with E-state index in [4.69, 9.17) is 5.11 Å². The first-order valence-corrected chi connectivity index (χ1v) is 7.99. The number of aliphatic hydroxyl groups excluding tert-OH is 2. The fourth-order valence-corrected chi connectivity index (χ4v) is 2.37. The molecule has 2 aromatic rings. The molecule has 0 aliphatic carbocycles. The highest BCUT2D eigenvalue weighted by atomic mass is 19.1. The maximum absolute atomic E-state index is 13.5. The van der Waals surface area contributed by atoms with Crippen LogP contribution in [0.2, 0.25) is 0 Å². The molecule has 2 N–H and O–H groups in total. The lowest BCUT2D eigenvalue weighted by Crippen LogP contribution is -2.33. The van der Waals surface area contributed by atoms with Crippen LogP contribution in [-0.2, 0) is 6.54 Å². The van der Waals surface area contributed by atoms with Crippen molar-refractivity contribution in [2.45, 2.75) is 13.0 Å². The Kier molecular flexibility index (Phi) is 7.15. The van der Waals surface area contributed by atoms with Crippen LogP contribution in [0.4, 0.5) is 4.39 Å². The number of rotatable bonds is 6. The maximum Gasteiger partial charge on any atom is 0.255 e. The molecular weight excluding hydrogens is 321 g/mol. The largest absolute Gasteiger partial charge is 0.395 e. The second-order valence-electron chi connectivity index (χ2n) is 5.40. The summed E-state index contributed by atoms with van der Waals surface area (Å²) in [6.07, 6.45) is 0.245. The summed E-state index contributed by atoms with van der Waals surface area (Å²) in [6.45, 7) is 0.220. The van der Waals surface area contributed by atoms with E-state index in [0.717, 1.165) is 5.56 Å². The molecule has 0 unspecified atom stereocenters. The lowest BCUT2D eigenvalue weighted by atomic mass is 10.1. The molecule has 5 heteroatoms. The van der Waals surface area contributed by atoms with E-state index in [9.17, 15) is 14.3 Å². The van der Waals surface area contributed by atoms with Crippen molar-refractivity contribution in [1.29, 1.82) is 0 Å². The zero-order chi connectivity index (χ0) is 18.1. The van der Waals surface area contributed by atoms with Gasteiger partial charge < -0.3 is 15.1 Å². The summed E-state index contributed by atoms with van der Waals surface area (Å²) >= 11 is 0. The lowest BCUT2D eigenvalue weighted by Gasteiger charge is -2.22. The van der Waals surface area contributed by atoms with Gasteiger partial charge in [0.25, 0.3) is 5.91 Å². The number of halogens is 1.